The Morgan fingerprint density at radius 3 is 2.64 bits per heavy atom. The molecule has 0 atom stereocenters. The van der Waals surface area contributed by atoms with Gasteiger partial charge in [-0.05, 0) is 51.2 Å². The van der Waals surface area contributed by atoms with Crippen LogP contribution in [0.15, 0.2) is 67.6 Å². The lowest BCUT2D eigenvalue weighted by molar-refractivity contribution is -0.111. The summed E-state index contributed by atoms with van der Waals surface area (Å²) in [5.74, 6) is 1.14. The Morgan fingerprint density at radius 1 is 1.10 bits per heavy atom. The molecule has 0 aliphatic carbocycles. The smallest absolute Gasteiger partial charge is 0.247 e. The summed E-state index contributed by atoms with van der Waals surface area (Å²) in [5.41, 5.74) is 3.83. The molecule has 0 radical (unpaired) electrons. The minimum absolute atomic E-state index is 0.290. The van der Waals surface area contributed by atoms with Gasteiger partial charge in [-0.2, -0.15) is 4.98 Å². The van der Waals surface area contributed by atoms with Gasteiger partial charge in [-0.3, -0.25) is 9.78 Å². The molecule has 4 aromatic rings. The van der Waals surface area contributed by atoms with E-state index in [1.165, 1.54) is 12.4 Å². The first-order valence-electron chi connectivity index (χ1n) is 12.8. The number of nitrogens with one attached hydrogen (secondary N) is 2. The zero-order valence-corrected chi connectivity index (χ0v) is 22.4. The van der Waals surface area contributed by atoms with Crippen LogP contribution in [0.3, 0.4) is 0 Å². The summed E-state index contributed by atoms with van der Waals surface area (Å²) in [4.78, 5) is 34.7. The Hall–Kier alpha value is -4.57. The highest BCUT2D eigenvalue weighted by Gasteiger charge is 2.24. The maximum Gasteiger partial charge on any atom is 0.247 e. The van der Waals surface area contributed by atoms with Gasteiger partial charge in [-0.1, -0.05) is 24.8 Å². The summed E-state index contributed by atoms with van der Waals surface area (Å²) in [5, 5.41) is 7.20. The standard InChI is InChI=1S/C29H32N8O2/c1-5-27(38)33-23-15-24(26(39-4)16-25(23)37-12-10-21(11-13-37)36(2)3)34-29-32-18-31-28(35-29)20-14-19-8-6-7-9-22(19)30-17-20/h5-9,14-18,21H,1,10-13H2,2-4H3,(H,33,38)(H,31,32,34,35). The van der Waals surface area contributed by atoms with E-state index < -0.39 is 0 Å². The lowest BCUT2D eigenvalue weighted by atomic mass is 10.0. The van der Waals surface area contributed by atoms with Gasteiger partial charge in [0.25, 0.3) is 0 Å². The molecule has 1 aliphatic rings. The van der Waals surface area contributed by atoms with Crippen molar-refractivity contribution < 1.29 is 9.53 Å². The highest BCUT2D eigenvalue weighted by Crippen LogP contribution is 2.39. The lowest BCUT2D eigenvalue weighted by Crippen LogP contribution is -2.42. The second kappa shape index (κ2) is 11.4. The number of rotatable bonds is 8. The molecule has 0 saturated carbocycles. The van der Waals surface area contributed by atoms with Crippen molar-refractivity contribution in [2.45, 2.75) is 18.9 Å². The first kappa shape index (κ1) is 26.1. The quantitative estimate of drug-likeness (QED) is 0.322. The SMILES string of the molecule is C=CC(=O)Nc1cc(Nc2ncnc(-c3cnc4ccccc4c3)n2)c(OC)cc1N1CCC(N(C)C)CC1. The number of methoxy groups -OCH3 is 1. The number of nitrogens with zero attached hydrogens (tertiary/aromatic N) is 6. The van der Waals surface area contributed by atoms with Crippen LogP contribution in [0.5, 0.6) is 5.75 Å². The van der Waals surface area contributed by atoms with E-state index in [-0.39, 0.29) is 5.91 Å². The van der Waals surface area contributed by atoms with Crippen molar-refractivity contribution in [3.05, 3.63) is 67.6 Å². The Labute approximate surface area is 227 Å². The molecule has 0 unspecified atom stereocenters. The van der Waals surface area contributed by atoms with Crippen molar-refractivity contribution in [1.29, 1.82) is 0 Å². The second-order valence-corrected chi connectivity index (χ2v) is 9.62. The van der Waals surface area contributed by atoms with Gasteiger partial charge in [0.15, 0.2) is 5.82 Å². The van der Waals surface area contributed by atoms with Gasteiger partial charge in [-0.25, -0.2) is 9.97 Å². The van der Waals surface area contributed by atoms with Crippen LogP contribution >= 0.6 is 0 Å². The zero-order valence-electron chi connectivity index (χ0n) is 22.4. The van der Waals surface area contributed by atoms with Crippen molar-refractivity contribution in [3.8, 4) is 17.1 Å². The van der Waals surface area contributed by atoms with Crippen LogP contribution in [0.4, 0.5) is 23.0 Å². The number of hydrogen-bond acceptors (Lipinski definition) is 9. The molecule has 0 spiro atoms. The van der Waals surface area contributed by atoms with Crippen LogP contribution in [0, 0.1) is 0 Å². The van der Waals surface area contributed by atoms with Crippen LogP contribution in [-0.4, -0.2) is 71.1 Å². The monoisotopic (exact) mass is 524 g/mol. The fourth-order valence-electron chi connectivity index (χ4n) is 4.81. The predicted molar refractivity (Wildman–Crippen MR) is 155 cm³/mol. The molecule has 5 rings (SSSR count). The molecule has 3 heterocycles. The molecular weight excluding hydrogens is 492 g/mol. The van der Waals surface area contributed by atoms with Gasteiger partial charge < -0.3 is 25.2 Å². The molecule has 1 saturated heterocycles. The number of hydrogen-bond donors (Lipinski definition) is 2. The van der Waals surface area contributed by atoms with E-state index in [0.29, 0.717) is 34.9 Å². The molecule has 2 aromatic heterocycles. The number of fused-ring (bicyclic) bond motifs is 1. The van der Waals surface area contributed by atoms with Gasteiger partial charge in [0, 0.05) is 42.3 Å². The topological polar surface area (TPSA) is 108 Å². The Balaban J connectivity index is 1.46. The van der Waals surface area contributed by atoms with Gasteiger partial charge in [-0.15, -0.1) is 0 Å². The molecule has 39 heavy (non-hydrogen) atoms. The van der Waals surface area contributed by atoms with Crippen molar-refractivity contribution in [3.63, 3.8) is 0 Å². The number of ether oxygens (including phenoxy) is 1. The zero-order chi connectivity index (χ0) is 27.4. The van der Waals surface area contributed by atoms with Gasteiger partial charge in [0.2, 0.25) is 11.9 Å². The number of piperidine rings is 1. The molecule has 10 nitrogen and oxygen atoms in total. The average molecular weight is 525 g/mol. The van der Waals surface area contributed by atoms with E-state index in [4.69, 9.17) is 4.74 Å². The Morgan fingerprint density at radius 2 is 1.90 bits per heavy atom. The molecule has 0 bridgehead atoms. The van der Waals surface area contributed by atoms with Crippen molar-refractivity contribution >= 4 is 39.8 Å². The van der Waals surface area contributed by atoms with E-state index in [1.807, 2.05) is 42.5 Å². The lowest BCUT2D eigenvalue weighted by Gasteiger charge is -2.37. The highest BCUT2D eigenvalue weighted by molar-refractivity contribution is 6.02. The van der Waals surface area contributed by atoms with Gasteiger partial charge in [0.1, 0.15) is 12.1 Å². The molecule has 2 N–H and O–H groups in total. The van der Waals surface area contributed by atoms with Crippen LogP contribution in [0.2, 0.25) is 0 Å². The molecule has 1 amide bonds. The minimum atomic E-state index is -0.290. The summed E-state index contributed by atoms with van der Waals surface area (Å²) in [7, 11) is 5.84. The van der Waals surface area contributed by atoms with Crippen LogP contribution in [0.25, 0.3) is 22.3 Å². The van der Waals surface area contributed by atoms with E-state index in [1.54, 1.807) is 13.3 Å². The third-order valence-corrected chi connectivity index (χ3v) is 6.96. The molecule has 1 fully saturated rings. The highest BCUT2D eigenvalue weighted by atomic mass is 16.5. The van der Waals surface area contributed by atoms with Crippen molar-refractivity contribution in [2.75, 3.05) is 49.8 Å². The minimum Gasteiger partial charge on any atom is -0.494 e. The molecular formula is C29H32N8O2. The van der Waals surface area contributed by atoms with E-state index in [9.17, 15) is 4.79 Å². The Bertz CT molecular complexity index is 1500. The molecule has 2 aromatic carbocycles. The van der Waals surface area contributed by atoms with Crippen LogP contribution in [0.1, 0.15) is 12.8 Å². The summed E-state index contributed by atoms with van der Waals surface area (Å²) >= 11 is 0. The number of carbonyl (C=O) groups is 1. The van der Waals surface area contributed by atoms with Crippen molar-refractivity contribution in [1.82, 2.24) is 24.8 Å². The first-order chi connectivity index (χ1) is 18.9. The molecule has 1 aliphatic heterocycles. The first-order valence-corrected chi connectivity index (χ1v) is 12.8. The fraction of sp³-hybridized carbons (Fsp3) is 0.276. The largest absolute Gasteiger partial charge is 0.494 e. The van der Waals surface area contributed by atoms with Gasteiger partial charge in [0.05, 0.1) is 29.7 Å². The number of amides is 1. The number of anilines is 4. The number of aromatic nitrogens is 4. The third kappa shape index (κ3) is 5.80. The number of carbonyl (C=O) groups excluding carboxylic acids is 1. The van der Waals surface area contributed by atoms with E-state index in [0.717, 1.165) is 48.1 Å². The van der Waals surface area contributed by atoms with Crippen LogP contribution in [-0.2, 0) is 4.79 Å². The molecule has 200 valence electrons. The normalized spacial score (nSPS) is 13.9. The maximum absolute atomic E-state index is 12.3. The summed E-state index contributed by atoms with van der Waals surface area (Å²) in [6.07, 6.45) is 6.52. The van der Waals surface area contributed by atoms with Gasteiger partial charge >= 0.3 is 0 Å². The van der Waals surface area contributed by atoms with E-state index >= 15 is 0 Å². The number of para-hydroxylation sites is 1. The third-order valence-electron chi connectivity index (χ3n) is 6.96. The summed E-state index contributed by atoms with van der Waals surface area (Å²) in [6, 6.07) is 14.2. The maximum atomic E-state index is 12.3. The second-order valence-electron chi connectivity index (χ2n) is 9.62. The number of pyridine rings is 1. The predicted octanol–water partition coefficient (Wildman–Crippen LogP) is 4.49. The fourth-order valence-corrected chi connectivity index (χ4v) is 4.81. The van der Waals surface area contributed by atoms with E-state index in [2.05, 4.69) is 61.0 Å². The Kier molecular flexibility index (Phi) is 7.64. The summed E-state index contributed by atoms with van der Waals surface area (Å²) < 4.78 is 5.75. The van der Waals surface area contributed by atoms with Crippen molar-refractivity contribution in [2.24, 2.45) is 0 Å². The average Bonchev–Trinajstić information content (AvgIpc) is 2.97. The van der Waals surface area contributed by atoms with Crippen LogP contribution < -0.4 is 20.3 Å². The molecule has 10 heteroatoms. The summed E-state index contributed by atoms with van der Waals surface area (Å²) in [6.45, 7) is 5.34. The number of benzene rings is 2.